The lowest BCUT2D eigenvalue weighted by Gasteiger charge is -2.18. The Morgan fingerprint density at radius 1 is 1.11 bits per heavy atom. The molecule has 0 aliphatic carbocycles. The summed E-state index contributed by atoms with van der Waals surface area (Å²) in [6.07, 6.45) is -0.131. The minimum atomic E-state index is -0.359. The predicted molar refractivity (Wildman–Crippen MR) is 118 cm³/mol. The second-order valence-corrected chi connectivity index (χ2v) is 5.88. The fourth-order valence-corrected chi connectivity index (χ4v) is 2.31. The molecule has 2 aromatic rings. The summed E-state index contributed by atoms with van der Waals surface area (Å²) in [5, 5.41) is 6.37. The van der Waals surface area contributed by atoms with Crippen LogP contribution >= 0.6 is 24.0 Å². The molecule has 0 aliphatic heterocycles. The molecule has 0 spiro atoms. The van der Waals surface area contributed by atoms with E-state index in [2.05, 4.69) is 20.4 Å². The Balaban J connectivity index is 0.00000392. The number of aliphatic imine (C=N–C) groups is 1. The quantitative estimate of drug-likeness (QED) is 0.264. The first-order valence-electron chi connectivity index (χ1n) is 8.56. The lowest BCUT2D eigenvalue weighted by Crippen LogP contribution is -2.41. The molecule has 0 aromatic heterocycles. The maximum absolute atomic E-state index is 12.9. The van der Waals surface area contributed by atoms with Crippen LogP contribution in [0.25, 0.3) is 0 Å². The molecule has 28 heavy (non-hydrogen) atoms. The van der Waals surface area contributed by atoms with E-state index < -0.39 is 0 Å². The number of carbonyl (C=O) groups is 1. The average Bonchev–Trinajstić information content (AvgIpc) is 2.69. The second-order valence-electron chi connectivity index (χ2n) is 5.88. The molecule has 2 rings (SSSR count). The molecule has 0 aliphatic rings. The van der Waals surface area contributed by atoms with Crippen molar-refractivity contribution in [2.75, 3.05) is 20.7 Å². The van der Waals surface area contributed by atoms with Crippen LogP contribution in [0.3, 0.4) is 0 Å². The van der Waals surface area contributed by atoms with Gasteiger partial charge in [-0.2, -0.15) is 0 Å². The zero-order chi connectivity index (χ0) is 19.6. The zero-order valence-corrected chi connectivity index (χ0v) is 18.4. The Labute approximate surface area is 181 Å². The van der Waals surface area contributed by atoms with Gasteiger partial charge in [0.05, 0.1) is 19.2 Å². The summed E-state index contributed by atoms with van der Waals surface area (Å²) in [5.41, 5.74) is 1.51. The molecule has 8 heteroatoms. The van der Waals surface area contributed by atoms with Gasteiger partial charge in [0.25, 0.3) is 0 Å². The van der Waals surface area contributed by atoms with E-state index >= 15 is 0 Å². The van der Waals surface area contributed by atoms with Gasteiger partial charge in [0, 0.05) is 13.6 Å². The molecule has 0 heterocycles. The van der Waals surface area contributed by atoms with Crippen LogP contribution in [-0.2, 0) is 11.3 Å². The number of carbonyl (C=O) groups excluding carboxylic acids is 1. The van der Waals surface area contributed by atoms with Gasteiger partial charge in [-0.3, -0.25) is 4.99 Å². The first-order valence-corrected chi connectivity index (χ1v) is 8.56. The molecule has 0 bridgehead atoms. The number of halogens is 2. The molecule has 152 valence electrons. The van der Waals surface area contributed by atoms with E-state index in [1.807, 2.05) is 19.1 Å². The Kier molecular flexibility index (Phi) is 10.3. The van der Waals surface area contributed by atoms with Crippen molar-refractivity contribution >= 4 is 35.9 Å². The standard InChI is InChI=1S/C20H24FN3O3.HI/c1-14(27-18-10-8-17(21)9-11-18)12-23-20(22-2)24-13-15-4-6-16(7-5-15)19(25)26-3;/h4-11,14H,12-13H2,1-3H3,(H2,22,23,24);1H. The van der Waals surface area contributed by atoms with E-state index in [0.717, 1.165) is 5.56 Å². The summed E-state index contributed by atoms with van der Waals surface area (Å²) in [7, 11) is 3.04. The fourth-order valence-electron chi connectivity index (χ4n) is 2.31. The highest BCUT2D eigenvalue weighted by Gasteiger charge is 2.07. The van der Waals surface area contributed by atoms with Gasteiger partial charge in [-0.1, -0.05) is 12.1 Å². The van der Waals surface area contributed by atoms with Gasteiger partial charge in [0.2, 0.25) is 0 Å². The largest absolute Gasteiger partial charge is 0.489 e. The highest BCUT2D eigenvalue weighted by Crippen LogP contribution is 2.12. The van der Waals surface area contributed by atoms with Crippen molar-refractivity contribution < 1.29 is 18.7 Å². The van der Waals surface area contributed by atoms with Gasteiger partial charge in [-0.15, -0.1) is 24.0 Å². The molecule has 6 nitrogen and oxygen atoms in total. The number of methoxy groups -OCH3 is 1. The molecule has 0 amide bonds. The monoisotopic (exact) mass is 501 g/mol. The van der Waals surface area contributed by atoms with Gasteiger partial charge >= 0.3 is 5.97 Å². The number of benzene rings is 2. The Morgan fingerprint density at radius 2 is 1.75 bits per heavy atom. The van der Waals surface area contributed by atoms with Crippen LogP contribution in [0.5, 0.6) is 5.75 Å². The summed E-state index contributed by atoms with van der Waals surface area (Å²) < 4.78 is 23.3. The number of esters is 1. The maximum Gasteiger partial charge on any atom is 0.337 e. The third kappa shape index (κ3) is 7.71. The van der Waals surface area contributed by atoms with Crippen LogP contribution in [0.4, 0.5) is 4.39 Å². The van der Waals surface area contributed by atoms with Crippen LogP contribution < -0.4 is 15.4 Å². The topological polar surface area (TPSA) is 72.0 Å². The minimum Gasteiger partial charge on any atom is -0.489 e. The highest BCUT2D eigenvalue weighted by molar-refractivity contribution is 14.0. The molecule has 0 saturated carbocycles. The van der Waals surface area contributed by atoms with Crippen molar-refractivity contribution in [3.63, 3.8) is 0 Å². The number of nitrogens with zero attached hydrogens (tertiary/aromatic N) is 1. The molecule has 1 unspecified atom stereocenters. The lowest BCUT2D eigenvalue weighted by atomic mass is 10.1. The van der Waals surface area contributed by atoms with Crippen molar-refractivity contribution in [3.05, 3.63) is 65.5 Å². The van der Waals surface area contributed by atoms with Crippen molar-refractivity contribution in [3.8, 4) is 5.75 Å². The van der Waals surface area contributed by atoms with Crippen LogP contribution in [-0.4, -0.2) is 38.7 Å². The summed E-state index contributed by atoms with van der Waals surface area (Å²) in [4.78, 5) is 15.6. The zero-order valence-electron chi connectivity index (χ0n) is 16.1. The molecule has 2 N–H and O–H groups in total. The van der Waals surface area contributed by atoms with Crippen LogP contribution in [0.15, 0.2) is 53.5 Å². The molecule has 0 fully saturated rings. The van der Waals surface area contributed by atoms with E-state index in [0.29, 0.717) is 30.4 Å². The second kappa shape index (κ2) is 12.2. The van der Waals surface area contributed by atoms with Crippen LogP contribution in [0, 0.1) is 5.82 Å². The lowest BCUT2D eigenvalue weighted by molar-refractivity contribution is 0.0600. The van der Waals surface area contributed by atoms with Crippen molar-refractivity contribution in [1.29, 1.82) is 0 Å². The minimum absolute atomic E-state index is 0. The van der Waals surface area contributed by atoms with Crippen molar-refractivity contribution in [1.82, 2.24) is 10.6 Å². The highest BCUT2D eigenvalue weighted by atomic mass is 127. The van der Waals surface area contributed by atoms with Crippen LogP contribution in [0.1, 0.15) is 22.8 Å². The molecule has 0 radical (unpaired) electrons. The third-order valence-electron chi connectivity index (χ3n) is 3.77. The number of hydrogen-bond acceptors (Lipinski definition) is 4. The number of nitrogens with one attached hydrogen (secondary N) is 2. The number of hydrogen-bond donors (Lipinski definition) is 2. The number of guanidine groups is 1. The summed E-state index contributed by atoms with van der Waals surface area (Å²) in [5.74, 6) is 0.584. The maximum atomic E-state index is 12.9. The van der Waals surface area contributed by atoms with Crippen molar-refractivity contribution in [2.45, 2.75) is 19.6 Å². The predicted octanol–water partition coefficient (Wildman–Crippen LogP) is 3.36. The normalized spacial score (nSPS) is 11.8. The van der Waals surface area contributed by atoms with Gasteiger partial charge in [-0.05, 0) is 48.9 Å². The average molecular weight is 501 g/mol. The third-order valence-corrected chi connectivity index (χ3v) is 3.77. The SMILES string of the molecule is CN=C(NCc1ccc(C(=O)OC)cc1)NCC(C)Oc1ccc(F)cc1.I. The van der Waals surface area contributed by atoms with E-state index in [9.17, 15) is 9.18 Å². The Morgan fingerprint density at radius 3 is 2.32 bits per heavy atom. The smallest absolute Gasteiger partial charge is 0.337 e. The van der Waals surface area contributed by atoms with Crippen molar-refractivity contribution in [2.24, 2.45) is 4.99 Å². The molecular weight excluding hydrogens is 476 g/mol. The molecule has 0 saturated heterocycles. The van der Waals surface area contributed by atoms with E-state index in [-0.39, 0.29) is 41.9 Å². The molecule has 2 aromatic carbocycles. The first kappa shape index (κ1) is 23.7. The van der Waals surface area contributed by atoms with Gasteiger partial charge in [-0.25, -0.2) is 9.18 Å². The Bertz CT molecular complexity index is 767. The summed E-state index contributed by atoms with van der Waals surface area (Å²) in [6.45, 7) is 2.99. The summed E-state index contributed by atoms with van der Waals surface area (Å²) >= 11 is 0. The van der Waals surface area contributed by atoms with Crippen LogP contribution in [0.2, 0.25) is 0 Å². The summed E-state index contributed by atoms with van der Waals surface area (Å²) in [6, 6.07) is 13.1. The molecular formula is C20H25FIN3O3. The first-order chi connectivity index (χ1) is 13.0. The number of ether oxygens (including phenoxy) is 2. The fraction of sp³-hybridized carbons (Fsp3) is 0.300. The van der Waals surface area contributed by atoms with Gasteiger partial charge in [0.1, 0.15) is 17.7 Å². The molecule has 1 atom stereocenters. The number of rotatable bonds is 7. The Hall–Kier alpha value is -2.36. The van der Waals surface area contributed by atoms with Gasteiger partial charge in [0.15, 0.2) is 5.96 Å². The van der Waals surface area contributed by atoms with E-state index in [1.165, 1.54) is 19.2 Å². The van der Waals surface area contributed by atoms with Gasteiger partial charge < -0.3 is 20.1 Å². The van der Waals surface area contributed by atoms with E-state index in [1.54, 1.807) is 31.3 Å². The van der Waals surface area contributed by atoms with E-state index in [4.69, 9.17) is 4.74 Å².